The van der Waals surface area contributed by atoms with Gasteiger partial charge in [0.15, 0.2) is 6.10 Å². The second-order valence-electron chi connectivity index (χ2n) is 9.39. The molecule has 1 aliphatic rings. The highest BCUT2D eigenvalue weighted by molar-refractivity contribution is 5.83. The Labute approximate surface area is 211 Å². The van der Waals surface area contributed by atoms with Crippen LogP contribution in [0, 0.1) is 5.41 Å². The Morgan fingerprint density at radius 3 is 2.53 bits per heavy atom. The van der Waals surface area contributed by atoms with E-state index in [-0.39, 0.29) is 18.4 Å². The van der Waals surface area contributed by atoms with Crippen molar-refractivity contribution in [2.75, 3.05) is 7.11 Å². The molecular weight excluding hydrogens is 468 g/mol. The molecule has 198 valence electrons. The van der Waals surface area contributed by atoms with E-state index in [0.717, 1.165) is 11.6 Å². The predicted octanol–water partition coefficient (Wildman–Crippen LogP) is 2.63. The average Bonchev–Trinajstić information content (AvgIpc) is 2.83. The fourth-order valence-electron chi connectivity index (χ4n) is 4.04. The summed E-state index contributed by atoms with van der Waals surface area (Å²) < 4.78 is 22.1. The highest BCUT2D eigenvalue weighted by Gasteiger charge is 2.57. The van der Waals surface area contributed by atoms with Crippen LogP contribution in [0.25, 0.3) is 0 Å². The van der Waals surface area contributed by atoms with Gasteiger partial charge in [0.05, 0.1) is 32.0 Å². The third-order valence-corrected chi connectivity index (χ3v) is 6.21. The molecule has 0 aliphatic carbocycles. The molecule has 0 bridgehead atoms. The largest absolute Gasteiger partial charge is 0.466 e. The van der Waals surface area contributed by atoms with Crippen LogP contribution in [0.1, 0.15) is 46.1 Å². The minimum absolute atomic E-state index is 0.0526. The Morgan fingerprint density at radius 2 is 1.94 bits per heavy atom. The molecule has 0 spiro atoms. The van der Waals surface area contributed by atoms with Gasteiger partial charge in [0.1, 0.15) is 6.29 Å². The van der Waals surface area contributed by atoms with Crippen LogP contribution < -0.4 is 0 Å². The van der Waals surface area contributed by atoms with Gasteiger partial charge in [0, 0.05) is 24.8 Å². The molecule has 0 saturated carbocycles. The molecule has 1 fully saturated rings. The van der Waals surface area contributed by atoms with E-state index in [2.05, 4.69) is 0 Å². The smallest absolute Gasteiger partial charge is 0.330 e. The molecule has 1 saturated heterocycles. The number of aliphatic hydroxyl groups excluding tert-OH is 1. The number of hydrogen-bond donors (Lipinski definition) is 2. The lowest BCUT2D eigenvalue weighted by atomic mass is 9.74. The number of aldehydes is 1. The molecule has 5 atom stereocenters. The summed E-state index contributed by atoms with van der Waals surface area (Å²) in [4.78, 5) is 35.0. The van der Waals surface area contributed by atoms with Crippen LogP contribution in [0.5, 0.6) is 0 Å². The monoisotopic (exact) mass is 504 g/mol. The maximum Gasteiger partial charge on any atom is 0.330 e. The molecule has 36 heavy (non-hydrogen) atoms. The maximum atomic E-state index is 12.1. The molecule has 1 aromatic carbocycles. The Bertz CT molecular complexity index is 953. The quantitative estimate of drug-likeness (QED) is 0.265. The van der Waals surface area contributed by atoms with Gasteiger partial charge in [-0.05, 0) is 30.6 Å². The minimum atomic E-state index is -2.17. The number of carbonyl (C=O) groups is 3. The fraction of sp³-hybridized carbons (Fsp3) is 0.519. The first kappa shape index (κ1) is 29.4. The van der Waals surface area contributed by atoms with E-state index in [4.69, 9.17) is 18.9 Å². The fourth-order valence-corrected chi connectivity index (χ4v) is 4.04. The standard InChI is InChI=1S/C27H36O9/c1-18(34-17-20-10-7-6-8-11-20)23(30)16-22-14-21(15-24(31)33-5)25(35-19(2)29)27(32,36-22)26(3,4)12-9-13-28/h6-13,15,18,22-23,25,30,32H,14,16-17H2,1-5H3/b12-9+,21-15+/t18-,22-,23+,25-,27+/m0/s1. The van der Waals surface area contributed by atoms with Crippen molar-refractivity contribution in [3.63, 3.8) is 0 Å². The summed E-state index contributed by atoms with van der Waals surface area (Å²) in [6.07, 6.45) is 0.778. The third-order valence-electron chi connectivity index (χ3n) is 6.21. The molecule has 2 rings (SSSR count). The summed E-state index contributed by atoms with van der Waals surface area (Å²) >= 11 is 0. The predicted molar refractivity (Wildman–Crippen MR) is 130 cm³/mol. The van der Waals surface area contributed by atoms with Gasteiger partial charge in [0.25, 0.3) is 0 Å². The van der Waals surface area contributed by atoms with Crippen molar-refractivity contribution in [2.45, 2.75) is 77.3 Å². The highest BCUT2D eigenvalue weighted by atomic mass is 16.7. The average molecular weight is 505 g/mol. The second-order valence-corrected chi connectivity index (χ2v) is 9.39. The number of hydrogen-bond acceptors (Lipinski definition) is 9. The van der Waals surface area contributed by atoms with Crippen LogP contribution in [0.2, 0.25) is 0 Å². The number of carbonyl (C=O) groups excluding carboxylic acids is 3. The van der Waals surface area contributed by atoms with Gasteiger partial charge >= 0.3 is 11.9 Å². The van der Waals surface area contributed by atoms with Crippen molar-refractivity contribution < 1.29 is 43.5 Å². The highest BCUT2D eigenvalue weighted by Crippen LogP contribution is 2.46. The van der Waals surface area contributed by atoms with Gasteiger partial charge in [-0.25, -0.2) is 4.79 Å². The lowest BCUT2D eigenvalue weighted by molar-refractivity contribution is -0.327. The van der Waals surface area contributed by atoms with Gasteiger partial charge in [-0.3, -0.25) is 9.59 Å². The molecular formula is C27H36O9. The maximum absolute atomic E-state index is 12.1. The van der Waals surface area contributed by atoms with Gasteiger partial charge in [-0.15, -0.1) is 0 Å². The number of ether oxygens (including phenoxy) is 4. The number of aliphatic hydroxyl groups is 2. The zero-order chi connectivity index (χ0) is 26.9. The van der Waals surface area contributed by atoms with Crippen LogP contribution >= 0.6 is 0 Å². The SMILES string of the molecule is COC(=O)/C=C1\C[C@@H](C[C@@H](O)[C@H](C)OCc2ccccc2)O[C@@](O)(C(C)(C)/C=C/C=O)[C@H]1OC(C)=O. The summed E-state index contributed by atoms with van der Waals surface area (Å²) in [5.74, 6) is -3.57. The molecule has 1 aliphatic heterocycles. The molecule has 0 unspecified atom stereocenters. The van der Waals surface area contributed by atoms with Crippen LogP contribution in [-0.2, 0) is 39.9 Å². The van der Waals surface area contributed by atoms with E-state index in [1.807, 2.05) is 30.3 Å². The summed E-state index contributed by atoms with van der Waals surface area (Å²) in [6, 6.07) is 9.52. The Balaban J connectivity index is 2.33. The molecule has 9 nitrogen and oxygen atoms in total. The van der Waals surface area contributed by atoms with E-state index in [1.54, 1.807) is 20.8 Å². The van der Waals surface area contributed by atoms with Crippen molar-refractivity contribution in [3.05, 3.63) is 59.7 Å². The molecule has 0 amide bonds. The number of methoxy groups -OCH3 is 1. The number of rotatable bonds is 11. The lowest BCUT2D eigenvalue weighted by Gasteiger charge is -2.50. The van der Waals surface area contributed by atoms with Crippen LogP contribution in [0.4, 0.5) is 0 Å². The Hall–Kier alpha value is -2.85. The number of benzene rings is 1. The summed E-state index contributed by atoms with van der Waals surface area (Å²) in [7, 11) is 1.20. The Morgan fingerprint density at radius 1 is 1.28 bits per heavy atom. The molecule has 0 aromatic heterocycles. The van der Waals surface area contributed by atoms with Crippen LogP contribution in [0.3, 0.4) is 0 Å². The van der Waals surface area contributed by atoms with Crippen molar-refractivity contribution >= 4 is 18.2 Å². The van der Waals surface area contributed by atoms with Gasteiger partial charge in [-0.2, -0.15) is 0 Å². The minimum Gasteiger partial charge on any atom is -0.466 e. The zero-order valence-corrected chi connectivity index (χ0v) is 21.4. The van der Waals surface area contributed by atoms with Gasteiger partial charge in [-0.1, -0.05) is 50.3 Å². The Kier molecular flexibility index (Phi) is 10.5. The number of esters is 2. The second kappa shape index (κ2) is 12.9. The molecule has 1 heterocycles. The van der Waals surface area contributed by atoms with Gasteiger partial charge < -0.3 is 29.2 Å². The first-order valence-corrected chi connectivity index (χ1v) is 11.8. The lowest BCUT2D eigenvalue weighted by Crippen LogP contribution is -2.62. The van der Waals surface area contributed by atoms with E-state index in [0.29, 0.717) is 12.9 Å². The van der Waals surface area contributed by atoms with Crippen LogP contribution in [-0.4, -0.2) is 65.8 Å². The summed E-state index contributed by atoms with van der Waals surface area (Å²) in [5.41, 5.74) is -0.0352. The first-order chi connectivity index (χ1) is 16.9. The third kappa shape index (κ3) is 7.57. The zero-order valence-electron chi connectivity index (χ0n) is 21.4. The van der Waals surface area contributed by atoms with E-state index < -0.39 is 47.6 Å². The first-order valence-electron chi connectivity index (χ1n) is 11.8. The van der Waals surface area contributed by atoms with Crippen molar-refractivity contribution in [2.24, 2.45) is 5.41 Å². The van der Waals surface area contributed by atoms with E-state index in [1.165, 1.54) is 26.2 Å². The van der Waals surface area contributed by atoms with Crippen molar-refractivity contribution in [3.8, 4) is 0 Å². The molecule has 1 aromatic rings. The molecule has 0 radical (unpaired) electrons. The van der Waals surface area contributed by atoms with Crippen LogP contribution in [0.15, 0.2) is 54.1 Å². The van der Waals surface area contributed by atoms with E-state index in [9.17, 15) is 24.6 Å². The van der Waals surface area contributed by atoms with Crippen molar-refractivity contribution in [1.82, 2.24) is 0 Å². The normalized spacial score (nSPS) is 25.4. The van der Waals surface area contributed by atoms with E-state index >= 15 is 0 Å². The number of allylic oxidation sites excluding steroid dienone is 1. The van der Waals surface area contributed by atoms with Crippen molar-refractivity contribution in [1.29, 1.82) is 0 Å². The summed E-state index contributed by atoms with van der Waals surface area (Å²) in [6.45, 7) is 6.41. The van der Waals surface area contributed by atoms with Gasteiger partial charge in [0.2, 0.25) is 5.79 Å². The summed E-state index contributed by atoms with van der Waals surface area (Å²) in [5, 5.41) is 22.6. The molecule has 2 N–H and O–H groups in total. The topological polar surface area (TPSA) is 129 Å². The molecule has 9 heteroatoms.